The number of aldehydes is 1. The Morgan fingerprint density at radius 2 is 1.70 bits per heavy atom. The number of methoxy groups -OCH3 is 1. The van der Waals surface area contributed by atoms with E-state index in [1.165, 1.54) is 19.2 Å². The second-order valence-corrected chi connectivity index (χ2v) is 4.15. The number of hydrogen-bond acceptors (Lipinski definition) is 2. The van der Waals surface area contributed by atoms with Gasteiger partial charge in [-0.3, -0.25) is 4.79 Å². The first-order chi connectivity index (χ1) is 9.45. The van der Waals surface area contributed by atoms with Crippen LogP contribution in [-0.4, -0.2) is 13.4 Å². The summed E-state index contributed by atoms with van der Waals surface area (Å²) >= 11 is 0. The van der Waals surface area contributed by atoms with Crippen molar-refractivity contribution >= 4 is 6.29 Å². The molecule has 20 heavy (non-hydrogen) atoms. The van der Waals surface area contributed by atoms with E-state index in [-0.39, 0.29) is 0 Å². The van der Waals surface area contributed by atoms with E-state index in [9.17, 15) is 18.0 Å². The molecule has 0 aromatic heterocycles. The van der Waals surface area contributed by atoms with Gasteiger partial charge < -0.3 is 4.74 Å². The molecule has 0 spiro atoms. The highest BCUT2D eigenvalue weighted by molar-refractivity contribution is 5.80. The minimum Gasteiger partial charge on any atom is -0.496 e. The van der Waals surface area contributed by atoms with Gasteiger partial charge in [0, 0.05) is 11.1 Å². The first-order valence-corrected chi connectivity index (χ1v) is 5.76. The van der Waals surface area contributed by atoms with Crippen molar-refractivity contribution in [3.63, 3.8) is 0 Å². The second-order valence-electron chi connectivity index (χ2n) is 4.15. The SMILES string of the molecule is COc1cc(C=O)ccc1-c1ccc(C(F)(F)F)cc1. The molecular weight excluding hydrogens is 269 g/mol. The van der Waals surface area contributed by atoms with E-state index in [0.717, 1.165) is 12.1 Å². The Labute approximate surface area is 113 Å². The van der Waals surface area contributed by atoms with Crippen LogP contribution in [-0.2, 0) is 6.18 Å². The van der Waals surface area contributed by atoms with Crippen molar-refractivity contribution in [1.29, 1.82) is 0 Å². The van der Waals surface area contributed by atoms with Crippen molar-refractivity contribution in [2.75, 3.05) is 7.11 Å². The summed E-state index contributed by atoms with van der Waals surface area (Å²) in [4.78, 5) is 10.7. The van der Waals surface area contributed by atoms with E-state index < -0.39 is 11.7 Å². The minimum absolute atomic E-state index is 0.439. The van der Waals surface area contributed by atoms with Gasteiger partial charge in [-0.25, -0.2) is 0 Å². The van der Waals surface area contributed by atoms with Gasteiger partial charge in [0.15, 0.2) is 0 Å². The van der Waals surface area contributed by atoms with Crippen molar-refractivity contribution in [2.24, 2.45) is 0 Å². The summed E-state index contributed by atoms with van der Waals surface area (Å²) < 4.78 is 42.7. The summed E-state index contributed by atoms with van der Waals surface area (Å²) in [5.74, 6) is 0.439. The van der Waals surface area contributed by atoms with E-state index in [1.54, 1.807) is 18.2 Å². The van der Waals surface area contributed by atoms with Gasteiger partial charge in [-0.2, -0.15) is 13.2 Å². The van der Waals surface area contributed by atoms with E-state index in [4.69, 9.17) is 4.74 Å². The molecule has 2 nitrogen and oxygen atoms in total. The summed E-state index contributed by atoms with van der Waals surface area (Å²) in [6, 6.07) is 9.56. The standard InChI is InChI=1S/C15H11F3O2/c1-20-14-8-10(9-19)2-7-13(14)11-3-5-12(6-4-11)15(16,17)18/h2-9H,1H3. The van der Waals surface area contributed by atoms with Crippen LogP contribution in [0.2, 0.25) is 0 Å². The number of hydrogen-bond donors (Lipinski definition) is 0. The number of carbonyl (C=O) groups is 1. The van der Waals surface area contributed by atoms with Gasteiger partial charge >= 0.3 is 6.18 Å². The predicted molar refractivity (Wildman–Crippen MR) is 68.8 cm³/mol. The molecule has 0 aliphatic rings. The van der Waals surface area contributed by atoms with Gasteiger partial charge in [0.05, 0.1) is 12.7 Å². The third kappa shape index (κ3) is 2.82. The average molecular weight is 280 g/mol. The minimum atomic E-state index is -4.36. The largest absolute Gasteiger partial charge is 0.496 e. The Balaban J connectivity index is 2.44. The maximum atomic E-state index is 12.5. The molecule has 0 atom stereocenters. The van der Waals surface area contributed by atoms with Crippen molar-refractivity contribution < 1.29 is 22.7 Å². The lowest BCUT2D eigenvalue weighted by Crippen LogP contribution is -2.04. The molecule has 0 bridgehead atoms. The van der Waals surface area contributed by atoms with Gasteiger partial charge in [0.2, 0.25) is 0 Å². The lowest BCUT2D eigenvalue weighted by Gasteiger charge is -2.11. The normalized spacial score (nSPS) is 11.2. The van der Waals surface area contributed by atoms with E-state index in [2.05, 4.69) is 0 Å². The lowest BCUT2D eigenvalue weighted by atomic mass is 10.0. The number of halogens is 3. The highest BCUT2D eigenvalue weighted by Crippen LogP contribution is 2.34. The molecule has 2 rings (SSSR count). The van der Waals surface area contributed by atoms with Crippen molar-refractivity contribution in [3.05, 3.63) is 53.6 Å². The zero-order chi connectivity index (χ0) is 14.8. The summed E-state index contributed by atoms with van der Waals surface area (Å²) in [6.07, 6.45) is -3.68. The zero-order valence-electron chi connectivity index (χ0n) is 10.6. The van der Waals surface area contributed by atoms with Crippen LogP contribution in [0.5, 0.6) is 5.75 Å². The molecule has 0 fully saturated rings. The first kappa shape index (κ1) is 14.1. The molecule has 5 heteroatoms. The quantitative estimate of drug-likeness (QED) is 0.788. The molecule has 0 N–H and O–H groups in total. The Hall–Kier alpha value is -2.30. The van der Waals surface area contributed by atoms with E-state index in [1.807, 2.05) is 0 Å². The summed E-state index contributed by atoms with van der Waals surface area (Å²) in [7, 11) is 1.44. The second kappa shape index (κ2) is 5.36. The molecule has 0 aliphatic heterocycles. The Kier molecular flexibility index (Phi) is 3.79. The zero-order valence-corrected chi connectivity index (χ0v) is 10.6. The average Bonchev–Trinajstić information content (AvgIpc) is 2.45. The van der Waals surface area contributed by atoms with Gasteiger partial charge in [-0.15, -0.1) is 0 Å². The van der Waals surface area contributed by atoms with Crippen molar-refractivity contribution in [1.82, 2.24) is 0 Å². The van der Waals surface area contributed by atoms with Crippen LogP contribution in [0.15, 0.2) is 42.5 Å². The number of alkyl halides is 3. The predicted octanol–water partition coefficient (Wildman–Crippen LogP) is 4.19. The Morgan fingerprint density at radius 3 is 2.20 bits per heavy atom. The van der Waals surface area contributed by atoms with Gasteiger partial charge in [0.1, 0.15) is 12.0 Å². The summed E-state index contributed by atoms with van der Waals surface area (Å²) in [5.41, 5.74) is 0.960. The molecule has 0 heterocycles. The van der Waals surface area contributed by atoms with Crippen LogP contribution >= 0.6 is 0 Å². The maximum Gasteiger partial charge on any atom is 0.416 e. The molecule has 2 aromatic carbocycles. The van der Waals surface area contributed by atoms with Crippen LogP contribution in [0.1, 0.15) is 15.9 Å². The van der Waals surface area contributed by atoms with Gasteiger partial charge in [-0.1, -0.05) is 18.2 Å². The summed E-state index contributed by atoms with van der Waals surface area (Å²) in [5, 5.41) is 0. The monoisotopic (exact) mass is 280 g/mol. The fourth-order valence-corrected chi connectivity index (χ4v) is 1.86. The molecule has 0 unspecified atom stereocenters. The fourth-order valence-electron chi connectivity index (χ4n) is 1.86. The van der Waals surface area contributed by atoms with Crippen LogP contribution in [0, 0.1) is 0 Å². The van der Waals surface area contributed by atoms with Crippen LogP contribution < -0.4 is 4.74 Å². The third-order valence-corrected chi connectivity index (χ3v) is 2.88. The number of ether oxygens (including phenoxy) is 1. The van der Waals surface area contributed by atoms with Crippen molar-refractivity contribution in [2.45, 2.75) is 6.18 Å². The van der Waals surface area contributed by atoms with E-state index >= 15 is 0 Å². The smallest absolute Gasteiger partial charge is 0.416 e. The number of carbonyl (C=O) groups excluding carboxylic acids is 1. The molecule has 104 valence electrons. The summed E-state index contributed by atoms with van der Waals surface area (Å²) in [6.45, 7) is 0. The topological polar surface area (TPSA) is 26.3 Å². The Bertz CT molecular complexity index is 616. The molecule has 0 aliphatic carbocycles. The molecule has 0 saturated carbocycles. The Morgan fingerprint density at radius 1 is 1.05 bits per heavy atom. The number of benzene rings is 2. The molecule has 0 saturated heterocycles. The number of rotatable bonds is 3. The first-order valence-electron chi connectivity index (χ1n) is 5.76. The van der Waals surface area contributed by atoms with E-state index in [0.29, 0.717) is 28.7 Å². The van der Waals surface area contributed by atoms with Gasteiger partial charge in [0.25, 0.3) is 0 Å². The molecule has 2 aromatic rings. The highest BCUT2D eigenvalue weighted by Gasteiger charge is 2.30. The molecule has 0 amide bonds. The molecule has 0 radical (unpaired) electrons. The van der Waals surface area contributed by atoms with Crippen LogP contribution in [0.25, 0.3) is 11.1 Å². The third-order valence-electron chi connectivity index (χ3n) is 2.88. The molecular formula is C15H11F3O2. The lowest BCUT2D eigenvalue weighted by molar-refractivity contribution is -0.137. The fraction of sp³-hybridized carbons (Fsp3) is 0.133. The maximum absolute atomic E-state index is 12.5. The van der Waals surface area contributed by atoms with Crippen molar-refractivity contribution in [3.8, 4) is 16.9 Å². The van der Waals surface area contributed by atoms with Crippen LogP contribution in [0.3, 0.4) is 0 Å². The van der Waals surface area contributed by atoms with Crippen LogP contribution in [0.4, 0.5) is 13.2 Å². The highest BCUT2D eigenvalue weighted by atomic mass is 19.4. The van der Waals surface area contributed by atoms with Gasteiger partial charge in [-0.05, 0) is 29.8 Å².